The van der Waals surface area contributed by atoms with Gasteiger partial charge in [0.2, 0.25) is 5.44 Å². The standard InChI is InChI=1S/C22H26NO9S/c1-11(24)29-10-16-18(30-12(2)25)19(31-13(3)26)17(22(32-16)33(4)5)23-20(27)14-8-6-7-9-15(14)21(23)28/h6-9,16-19,22H,10H2,1-5H3/q+1/t16-,17-,18-,19-,22+/m1/s1. The lowest BCUT2D eigenvalue weighted by atomic mass is 9.96. The van der Waals surface area contributed by atoms with E-state index in [1.165, 1.54) is 20.8 Å². The van der Waals surface area contributed by atoms with Crippen molar-refractivity contribution in [3.63, 3.8) is 0 Å². The number of esters is 3. The number of nitrogens with zero attached hydrogens (tertiary/aromatic N) is 1. The first-order valence-electron chi connectivity index (χ1n) is 10.2. The van der Waals surface area contributed by atoms with E-state index in [2.05, 4.69) is 0 Å². The van der Waals surface area contributed by atoms with Gasteiger partial charge in [0.1, 0.15) is 12.7 Å². The van der Waals surface area contributed by atoms with Crippen LogP contribution >= 0.6 is 0 Å². The van der Waals surface area contributed by atoms with Crippen molar-refractivity contribution >= 4 is 40.6 Å². The lowest BCUT2D eigenvalue weighted by Crippen LogP contribution is -2.68. The molecule has 1 aromatic carbocycles. The van der Waals surface area contributed by atoms with E-state index in [0.29, 0.717) is 0 Å². The number of carbonyl (C=O) groups excluding carboxylic acids is 5. The van der Waals surface area contributed by atoms with E-state index in [1.54, 1.807) is 24.3 Å². The number of ether oxygens (including phenoxy) is 4. The predicted octanol–water partition coefficient (Wildman–Crippen LogP) is 0.680. The molecule has 2 heterocycles. The van der Waals surface area contributed by atoms with Gasteiger partial charge in [0.15, 0.2) is 18.2 Å². The van der Waals surface area contributed by atoms with Crippen LogP contribution < -0.4 is 0 Å². The van der Waals surface area contributed by atoms with Gasteiger partial charge in [-0.15, -0.1) is 0 Å². The van der Waals surface area contributed by atoms with Crippen molar-refractivity contribution in [3.05, 3.63) is 35.4 Å². The Morgan fingerprint density at radius 3 is 1.88 bits per heavy atom. The highest BCUT2D eigenvalue weighted by Gasteiger charge is 2.60. The molecule has 2 aliphatic heterocycles. The number of hydrogen-bond acceptors (Lipinski definition) is 9. The van der Waals surface area contributed by atoms with Gasteiger partial charge in [-0.1, -0.05) is 12.1 Å². The second kappa shape index (κ2) is 9.92. The van der Waals surface area contributed by atoms with Crippen molar-refractivity contribution in [2.45, 2.75) is 50.6 Å². The SMILES string of the molecule is CC(=O)OC[C@H]1O[C@@H]([S+](C)C)[C@H](N2C(=O)c3ccccc3C2=O)[C@@H](OC(C)=O)[C@@H]1OC(C)=O. The highest BCUT2D eigenvalue weighted by molar-refractivity contribution is 7.96. The van der Waals surface area contributed by atoms with Crippen LogP contribution in [0.5, 0.6) is 0 Å². The monoisotopic (exact) mass is 480 g/mol. The van der Waals surface area contributed by atoms with E-state index >= 15 is 0 Å². The van der Waals surface area contributed by atoms with Gasteiger partial charge < -0.3 is 18.9 Å². The largest absolute Gasteiger partial charge is 0.463 e. The fourth-order valence-corrected chi connectivity index (χ4v) is 5.22. The first kappa shape index (κ1) is 24.7. The summed E-state index contributed by atoms with van der Waals surface area (Å²) < 4.78 is 22.3. The van der Waals surface area contributed by atoms with E-state index < -0.39 is 70.4 Å². The molecule has 3 rings (SSSR count). The Hall–Kier alpha value is -2.92. The molecule has 1 saturated heterocycles. The van der Waals surface area contributed by atoms with Crippen LogP contribution in [0.3, 0.4) is 0 Å². The van der Waals surface area contributed by atoms with Gasteiger partial charge in [-0.3, -0.25) is 28.9 Å². The molecule has 2 aliphatic rings. The lowest BCUT2D eigenvalue weighted by molar-refractivity contribution is -0.217. The summed E-state index contributed by atoms with van der Waals surface area (Å²) in [5.74, 6) is -3.08. The number of amides is 2. The summed E-state index contributed by atoms with van der Waals surface area (Å²) in [6, 6.07) is 5.30. The summed E-state index contributed by atoms with van der Waals surface area (Å²) in [7, 11) is -0.562. The molecule has 33 heavy (non-hydrogen) atoms. The summed E-state index contributed by atoms with van der Waals surface area (Å²) in [4.78, 5) is 62.9. The third-order valence-corrected chi connectivity index (χ3v) is 6.58. The van der Waals surface area contributed by atoms with Crippen LogP contribution in [-0.2, 0) is 44.2 Å². The van der Waals surface area contributed by atoms with E-state index in [9.17, 15) is 24.0 Å². The molecule has 1 aromatic rings. The Balaban J connectivity index is 2.10. The molecule has 1 fully saturated rings. The van der Waals surface area contributed by atoms with Gasteiger partial charge in [0.05, 0.1) is 23.6 Å². The molecule has 0 N–H and O–H groups in total. The second-order valence-corrected chi connectivity index (χ2v) is 10.1. The van der Waals surface area contributed by atoms with Crippen molar-refractivity contribution < 1.29 is 42.9 Å². The Morgan fingerprint density at radius 2 is 1.42 bits per heavy atom. The second-order valence-electron chi connectivity index (χ2n) is 7.89. The fraction of sp³-hybridized carbons (Fsp3) is 0.500. The van der Waals surface area contributed by atoms with Gasteiger partial charge in [0, 0.05) is 31.7 Å². The molecule has 11 heteroatoms. The summed E-state index contributed by atoms with van der Waals surface area (Å²) in [5.41, 5.74) is -0.328. The molecule has 0 spiro atoms. The Bertz CT molecular complexity index is 943. The quantitative estimate of drug-likeness (QED) is 0.250. The van der Waals surface area contributed by atoms with Gasteiger partial charge in [-0.2, -0.15) is 0 Å². The molecule has 0 aliphatic carbocycles. The van der Waals surface area contributed by atoms with Gasteiger partial charge in [0.25, 0.3) is 11.8 Å². The maximum absolute atomic E-state index is 13.3. The first-order chi connectivity index (χ1) is 15.5. The maximum Gasteiger partial charge on any atom is 0.303 e. The normalized spacial score (nSPS) is 26.7. The minimum Gasteiger partial charge on any atom is -0.463 e. The molecule has 0 saturated carbocycles. The fourth-order valence-electron chi connectivity index (χ4n) is 4.02. The Kier molecular flexibility index (Phi) is 7.43. The zero-order chi connectivity index (χ0) is 24.4. The van der Waals surface area contributed by atoms with E-state index in [1.807, 2.05) is 12.5 Å². The highest BCUT2D eigenvalue weighted by atomic mass is 32.2. The minimum atomic E-state index is -1.23. The van der Waals surface area contributed by atoms with Crippen LogP contribution in [0.1, 0.15) is 41.5 Å². The Labute approximate surface area is 193 Å². The summed E-state index contributed by atoms with van der Waals surface area (Å²) in [5, 5.41) is 0. The molecule has 178 valence electrons. The van der Waals surface area contributed by atoms with Crippen molar-refractivity contribution in [1.82, 2.24) is 4.90 Å². The number of fused-ring (bicyclic) bond motifs is 1. The molecule has 5 atom stereocenters. The van der Waals surface area contributed by atoms with Gasteiger partial charge in [-0.25, -0.2) is 0 Å². The first-order valence-corrected chi connectivity index (χ1v) is 12.3. The molecule has 0 aromatic heterocycles. The molecular formula is C22H26NO9S+. The molecule has 2 amide bonds. The zero-order valence-electron chi connectivity index (χ0n) is 18.9. The smallest absolute Gasteiger partial charge is 0.303 e. The Morgan fingerprint density at radius 1 is 0.909 bits per heavy atom. The van der Waals surface area contributed by atoms with Crippen molar-refractivity contribution in [3.8, 4) is 0 Å². The van der Waals surface area contributed by atoms with Crippen molar-refractivity contribution in [2.24, 2.45) is 0 Å². The van der Waals surface area contributed by atoms with Crippen LogP contribution in [0.15, 0.2) is 24.3 Å². The number of hydrogen-bond donors (Lipinski definition) is 0. The van der Waals surface area contributed by atoms with Crippen molar-refractivity contribution in [1.29, 1.82) is 0 Å². The van der Waals surface area contributed by atoms with E-state index in [-0.39, 0.29) is 17.7 Å². The van der Waals surface area contributed by atoms with E-state index in [0.717, 1.165) is 4.90 Å². The molecule has 10 nitrogen and oxygen atoms in total. The van der Waals surface area contributed by atoms with Crippen molar-refractivity contribution in [2.75, 3.05) is 19.1 Å². The molecule has 0 radical (unpaired) electrons. The highest BCUT2D eigenvalue weighted by Crippen LogP contribution is 2.36. The minimum absolute atomic E-state index is 0.223. The zero-order valence-corrected chi connectivity index (χ0v) is 19.7. The maximum atomic E-state index is 13.3. The van der Waals surface area contributed by atoms with E-state index in [4.69, 9.17) is 18.9 Å². The molecular weight excluding hydrogens is 454 g/mol. The summed E-state index contributed by atoms with van der Waals surface area (Å²) >= 11 is 0. The lowest BCUT2D eigenvalue weighted by Gasteiger charge is -2.45. The van der Waals surface area contributed by atoms with Crippen LogP contribution in [0, 0.1) is 0 Å². The predicted molar refractivity (Wildman–Crippen MR) is 116 cm³/mol. The number of carbonyl (C=O) groups is 5. The van der Waals surface area contributed by atoms with Crippen LogP contribution in [0.2, 0.25) is 0 Å². The summed E-state index contributed by atoms with van der Waals surface area (Å²) in [6.07, 6.45) is 0.252. The summed E-state index contributed by atoms with van der Waals surface area (Å²) in [6.45, 7) is 3.29. The van der Waals surface area contributed by atoms with Crippen LogP contribution in [-0.4, -0.2) is 83.5 Å². The topological polar surface area (TPSA) is 126 Å². The van der Waals surface area contributed by atoms with Crippen LogP contribution in [0.4, 0.5) is 0 Å². The number of imide groups is 1. The average molecular weight is 481 g/mol. The third kappa shape index (κ3) is 5.03. The van der Waals surface area contributed by atoms with Crippen LogP contribution in [0.25, 0.3) is 0 Å². The van der Waals surface area contributed by atoms with Gasteiger partial charge in [-0.05, 0) is 12.1 Å². The number of rotatable bonds is 6. The molecule has 0 bridgehead atoms. The van der Waals surface area contributed by atoms with Gasteiger partial charge >= 0.3 is 17.9 Å². The third-order valence-electron chi connectivity index (χ3n) is 5.26. The average Bonchev–Trinajstić information content (AvgIpc) is 2.97. The molecule has 0 unspecified atom stereocenters. The number of benzene rings is 1.